The van der Waals surface area contributed by atoms with Gasteiger partial charge in [0.1, 0.15) is 0 Å². The molecule has 0 N–H and O–H groups in total. The van der Waals surface area contributed by atoms with Crippen LogP contribution in [0, 0.1) is 11.3 Å². The highest BCUT2D eigenvalue weighted by atomic mass is 35.5. The molecule has 9 heteroatoms. The molecule has 1 aliphatic rings. The largest absolute Gasteiger partial charge is 0.337 e. The summed E-state index contributed by atoms with van der Waals surface area (Å²) in [6.45, 7) is 3.37. The lowest BCUT2D eigenvalue weighted by Crippen LogP contribution is -2.35. The second-order valence-electron chi connectivity index (χ2n) is 7.66. The molecule has 1 heterocycles. The number of amides is 1. The molecule has 0 saturated carbocycles. The Balaban J connectivity index is 1.71. The second-order valence-corrected chi connectivity index (χ2v) is 10.2. The van der Waals surface area contributed by atoms with Gasteiger partial charge in [0.05, 0.1) is 27.1 Å². The Hall–Kier alpha value is -2.44. The molecule has 31 heavy (non-hydrogen) atoms. The molecular weight excluding hydrogens is 436 g/mol. The van der Waals surface area contributed by atoms with Crippen LogP contribution in [0.15, 0.2) is 47.4 Å². The summed E-state index contributed by atoms with van der Waals surface area (Å²) >= 11 is 6.25. The summed E-state index contributed by atoms with van der Waals surface area (Å²) in [7, 11) is -0.766. The summed E-state index contributed by atoms with van der Waals surface area (Å²) in [5.41, 5.74) is 1.94. The monoisotopic (exact) mass is 460 g/mol. The minimum Gasteiger partial charge on any atom is -0.337 e. The van der Waals surface area contributed by atoms with Gasteiger partial charge in [0.2, 0.25) is 10.0 Å². The third-order valence-electron chi connectivity index (χ3n) is 5.31. The van der Waals surface area contributed by atoms with Gasteiger partial charge in [-0.1, -0.05) is 23.7 Å². The van der Waals surface area contributed by atoms with E-state index < -0.39 is 10.0 Å². The number of rotatable bonds is 5. The first-order chi connectivity index (χ1) is 14.7. The number of sulfonamides is 1. The van der Waals surface area contributed by atoms with Gasteiger partial charge < -0.3 is 4.90 Å². The fourth-order valence-electron chi connectivity index (χ4n) is 3.48. The topological polar surface area (TPSA) is 84.7 Å². The number of nitrogens with zero attached hydrogens (tertiary/aromatic N) is 4. The van der Waals surface area contributed by atoms with Gasteiger partial charge in [-0.3, -0.25) is 9.69 Å². The molecule has 2 aromatic rings. The number of hydrogen-bond acceptors (Lipinski definition) is 5. The predicted octanol–water partition coefficient (Wildman–Crippen LogP) is 2.81. The molecule has 1 fully saturated rings. The van der Waals surface area contributed by atoms with Gasteiger partial charge >= 0.3 is 0 Å². The van der Waals surface area contributed by atoms with E-state index in [0.29, 0.717) is 25.2 Å². The van der Waals surface area contributed by atoms with Crippen LogP contribution in [0.5, 0.6) is 0 Å². The Bertz CT molecular complexity index is 1090. The van der Waals surface area contributed by atoms with Gasteiger partial charge in [0, 0.05) is 46.8 Å². The van der Waals surface area contributed by atoms with Crippen molar-refractivity contribution in [1.82, 2.24) is 14.1 Å². The summed E-state index contributed by atoms with van der Waals surface area (Å²) in [5, 5.41) is 9.16. The Labute approximate surface area is 188 Å². The van der Waals surface area contributed by atoms with Crippen LogP contribution in [-0.2, 0) is 16.6 Å². The minimum atomic E-state index is -3.66. The van der Waals surface area contributed by atoms with Crippen molar-refractivity contribution >= 4 is 27.5 Å². The van der Waals surface area contributed by atoms with Crippen LogP contribution in [0.1, 0.15) is 27.9 Å². The van der Waals surface area contributed by atoms with Crippen LogP contribution in [-0.4, -0.2) is 68.7 Å². The van der Waals surface area contributed by atoms with Crippen molar-refractivity contribution in [3.05, 3.63) is 64.2 Å². The normalized spacial score (nSPS) is 15.5. The molecule has 0 radical (unpaired) electrons. The lowest BCUT2D eigenvalue weighted by atomic mass is 10.1. The number of benzene rings is 2. The molecule has 0 atom stereocenters. The van der Waals surface area contributed by atoms with Crippen LogP contribution >= 0.6 is 11.6 Å². The van der Waals surface area contributed by atoms with Crippen molar-refractivity contribution < 1.29 is 13.2 Å². The van der Waals surface area contributed by atoms with E-state index in [9.17, 15) is 13.2 Å². The third-order valence-corrected chi connectivity index (χ3v) is 7.45. The fraction of sp³-hybridized carbons (Fsp3) is 0.364. The molecule has 1 saturated heterocycles. The summed E-state index contributed by atoms with van der Waals surface area (Å²) in [6.07, 6.45) is 0.801. The molecule has 164 valence electrons. The number of nitriles is 1. The first-order valence-corrected chi connectivity index (χ1v) is 11.8. The lowest BCUT2D eigenvalue weighted by molar-refractivity contribution is 0.0761. The van der Waals surface area contributed by atoms with E-state index >= 15 is 0 Å². The maximum absolute atomic E-state index is 13.1. The van der Waals surface area contributed by atoms with Crippen molar-refractivity contribution in [3.63, 3.8) is 0 Å². The zero-order valence-electron chi connectivity index (χ0n) is 17.6. The average molecular weight is 461 g/mol. The van der Waals surface area contributed by atoms with Crippen molar-refractivity contribution in [3.8, 4) is 6.07 Å². The quantitative estimate of drug-likeness (QED) is 0.685. The second kappa shape index (κ2) is 9.79. The zero-order valence-corrected chi connectivity index (χ0v) is 19.2. The predicted molar refractivity (Wildman–Crippen MR) is 119 cm³/mol. The Morgan fingerprint density at radius 1 is 1.10 bits per heavy atom. The van der Waals surface area contributed by atoms with Gasteiger partial charge in [0.15, 0.2) is 0 Å². The SMILES string of the molecule is CN(C)S(=O)(=O)c1ccc(Cl)c(C(=O)N2CCCN(Cc3ccc(C#N)cc3)CC2)c1. The molecule has 1 aliphatic heterocycles. The van der Waals surface area contributed by atoms with Crippen LogP contribution < -0.4 is 0 Å². The van der Waals surface area contributed by atoms with Gasteiger partial charge in [0.25, 0.3) is 5.91 Å². The van der Waals surface area contributed by atoms with Crippen LogP contribution in [0.3, 0.4) is 0 Å². The van der Waals surface area contributed by atoms with Crippen molar-refractivity contribution in [2.45, 2.75) is 17.9 Å². The van der Waals surface area contributed by atoms with Crippen molar-refractivity contribution in [2.75, 3.05) is 40.3 Å². The molecule has 1 amide bonds. The number of carbonyl (C=O) groups is 1. The molecule has 2 aromatic carbocycles. The number of halogens is 1. The van der Waals surface area contributed by atoms with E-state index in [4.69, 9.17) is 16.9 Å². The van der Waals surface area contributed by atoms with E-state index in [2.05, 4.69) is 11.0 Å². The van der Waals surface area contributed by atoms with Gasteiger partial charge in [-0.15, -0.1) is 0 Å². The summed E-state index contributed by atoms with van der Waals surface area (Å²) in [5.74, 6) is -0.263. The van der Waals surface area contributed by atoms with Gasteiger partial charge in [-0.05, 0) is 42.3 Å². The molecule has 0 unspecified atom stereocenters. The smallest absolute Gasteiger partial charge is 0.255 e. The lowest BCUT2D eigenvalue weighted by Gasteiger charge is -2.23. The Kier molecular flexibility index (Phi) is 7.34. The molecular formula is C22H25ClN4O3S. The molecule has 0 aliphatic carbocycles. The van der Waals surface area contributed by atoms with E-state index in [1.54, 1.807) is 17.0 Å². The maximum Gasteiger partial charge on any atom is 0.255 e. The van der Waals surface area contributed by atoms with E-state index in [1.165, 1.54) is 32.3 Å². The number of carbonyl (C=O) groups excluding carboxylic acids is 1. The summed E-state index contributed by atoms with van der Waals surface area (Å²) < 4.78 is 26.0. The van der Waals surface area contributed by atoms with Crippen molar-refractivity contribution in [1.29, 1.82) is 5.26 Å². The molecule has 0 aromatic heterocycles. The first-order valence-electron chi connectivity index (χ1n) is 9.95. The van der Waals surface area contributed by atoms with Crippen molar-refractivity contribution in [2.24, 2.45) is 0 Å². The standard InChI is InChI=1S/C22H25ClN4O3S/c1-25(2)31(29,30)19-8-9-21(23)20(14-19)22(28)27-11-3-10-26(12-13-27)16-18-6-4-17(15-24)5-7-18/h4-9,14H,3,10-13,16H2,1-2H3. The highest BCUT2D eigenvalue weighted by Gasteiger charge is 2.25. The molecule has 0 bridgehead atoms. The fourth-order valence-corrected chi connectivity index (χ4v) is 4.61. The summed E-state index contributed by atoms with van der Waals surface area (Å²) in [6, 6.07) is 13.9. The maximum atomic E-state index is 13.1. The van der Waals surface area contributed by atoms with E-state index in [0.717, 1.165) is 29.4 Å². The van der Waals surface area contributed by atoms with Crippen LogP contribution in [0.2, 0.25) is 5.02 Å². The molecule has 3 rings (SSSR count). The molecule has 0 spiro atoms. The van der Waals surface area contributed by atoms with Crippen LogP contribution in [0.25, 0.3) is 0 Å². The van der Waals surface area contributed by atoms with Gasteiger partial charge in [-0.2, -0.15) is 5.26 Å². The highest BCUT2D eigenvalue weighted by Crippen LogP contribution is 2.24. The highest BCUT2D eigenvalue weighted by molar-refractivity contribution is 7.89. The summed E-state index contributed by atoms with van der Waals surface area (Å²) in [4.78, 5) is 17.2. The van der Waals surface area contributed by atoms with Gasteiger partial charge in [-0.25, -0.2) is 12.7 Å². The van der Waals surface area contributed by atoms with E-state index in [1.807, 2.05) is 12.1 Å². The zero-order chi connectivity index (χ0) is 22.6. The average Bonchev–Trinajstić information content (AvgIpc) is 2.99. The molecule has 7 nitrogen and oxygen atoms in total. The Morgan fingerprint density at radius 3 is 2.45 bits per heavy atom. The first kappa shape index (κ1) is 23.2. The third kappa shape index (κ3) is 5.43. The van der Waals surface area contributed by atoms with E-state index in [-0.39, 0.29) is 21.4 Å². The van der Waals surface area contributed by atoms with Crippen LogP contribution in [0.4, 0.5) is 0 Å². The number of hydrogen-bond donors (Lipinski definition) is 0. The minimum absolute atomic E-state index is 0.0440. The Morgan fingerprint density at radius 2 is 1.81 bits per heavy atom.